The largest absolute Gasteiger partial charge is 0.476 e. The Morgan fingerprint density at radius 2 is 2.00 bits per heavy atom. The van der Waals surface area contributed by atoms with Gasteiger partial charge in [0, 0.05) is 13.1 Å². The summed E-state index contributed by atoms with van der Waals surface area (Å²) in [6.45, 7) is 7.85. The van der Waals surface area contributed by atoms with Crippen LogP contribution in [0.3, 0.4) is 0 Å². The van der Waals surface area contributed by atoms with E-state index in [-0.39, 0.29) is 5.91 Å². The molecule has 20 heavy (non-hydrogen) atoms. The lowest BCUT2D eigenvalue weighted by atomic mass is 10.1. The lowest BCUT2D eigenvalue weighted by molar-refractivity contribution is -0.149. The lowest BCUT2D eigenvalue weighted by Gasteiger charge is -2.34. The van der Waals surface area contributed by atoms with E-state index in [4.69, 9.17) is 21.1 Å². The second-order valence-corrected chi connectivity index (χ2v) is 5.86. The Kier molecular flexibility index (Phi) is 4.55. The van der Waals surface area contributed by atoms with Crippen molar-refractivity contribution in [1.29, 1.82) is 0 Å². The van der Waals surface area contributed by atoms with Crippen molar-refractivity contribution in [3.8, 4) is 5.75 Å². The molecule has 0 saturated carbocycles. The molecule has 1 aliphatic rings. The number of halogens is 1. The van der Waals surface area contributed by atoms with Crippen molar-refractivity contribution in [2.45, 2.75) is 26.4 Å². The maximum Gasteiger partial charge on any atom is 0.266 e. The molecule has 0 aromatic heterocycles. The highest BCUT2D eigenvalue weighted by Crippen LogP contribution is 2.29. The van der Waals surface area contributed by atoms with E-state index in [1.807, 2.05) is 19.1 Å². The number of aryl methyl sites for hydroxylation is 1. The van der Waals surface area contributed by atoms with Gasteiger partial charge < -0.3 is 14.4 Å². The normalized spacial score (nSPS) is 16.1. The molecule has 1 amide bonds. The van der Waals surface area contributed by atoms with Crippen LogP contribution in [0.4, 0.5) is 0 Å². The van der Waals surface area contributed by atoms with Gasteiger partial charge in [-0.05, 0) is 38.5 Å². The maximum atomic E-state index is 12.5. The Morgan fingerprint density at radius 1 is 1.35 bits per heavy atom. The quantitative estimate of drug-likeness (QED) is 0.861. The van der Waals surface area contributed by atoms with Gasteiger partial charge >= 0.3 is 0 Å². The van der Waals surface area contributed by atoms with Gasteiger partial charge in [0.05, 0.1) is 18.2 Å². The van der Waals surface area contributed by atoms with Crippen LogP contribution in [-0.2, 0) is 9.53 Å². The van der Waals surface area contributed by atoms with Crippen molar-refractivity contribution in [3.63, 3.8) is 0 Å². The minimum atomic E-state index is -0.950. The zero-order chi connectivity index (χ0) is 14.8. The van der Waals surface area contributed by atoms with Gasteiger partial charge in [-0.15, -0.1) is 0 Å². The first-order chi connectivity index (χ1) is 9.40. The van der Waals surface area contributed by atoms with Crippen LogP contribution in [0.15, 0.2) is 18.2 Å². The molecule has 0 N–H and O–H groups in total. The average Bonchev–Trinajstić information content (AvgIpc) is 2.43. The highest BCUT2D eigenvalue weighted by molar-refractivity contribution is 6.32. The average molecular weight is 298 g/mol. The molecule has 0 radical (unpaired) electrons. The van der Waals surface area contributed by atoms with Gasteiger partial charge in [-0.3, -0.25) is 4.79 Å². The molecule has 110 valence electrons. The summed E-state index contributed by atoms with van der Waals surface area (Å²) >= 11 is 6.12. The molecule has 1 aliphatic heterocycles. The molecule has 0 aliphatic carbocycles. The molecule has 0 bridgehead atoms. The standard InChI is InChI=1S/C15H20ClNO3/c1-11-4-5-12(16)13(10-11)20-15(2,3)14(18)17-6-8-19-9-7-17/h4-5,10H,6-9H2,1-3H3. The highest BCUT2D eigenvalue weighted by Gasteiger charge is 2.35. The summed E-state index contributed by atoms with van der Waals surface area (Å²) in [4.78, 5) is 14.3. The van der Waals surface area contributed by atoms with E-state index in [1.165, 1.54) is 0 Å². The fraction of sp³-hybridized carbons (Fsp3) is 0.533. The third kappa shape index (κ3) is 3.44. The molecule has 0 spiro atoms. The predicted octanol–water partition coefficient (Wildman–Crippen LogP) is 2.66. The second-order valence-electron chi connectivity index (χ2n) is 5.45. The zero-order valence-electron chi connectivity index (χ0n) is 12.1. The van der Waals surface area contributed by atoms with E-state index in [9.17, 15) is 4.79 Å². The van der Waals surface area contributed by atoms with Crippen LogP contribution in [0.2, 0.25) is 5.02 Å². The first kappa shape index (κ1) is 15.1. The van der Waals surface area contributed by atoms with Crippen LogP contribution in [0.1, 0.15) is 19.4 Å². The van der Waals surface area contributed by atoms with Crippen LogP contribution in [0, 0.1) is 6.92 Å². The minimum absolute atomic E-state index is 0.0432. The van der Waals surface area contributed by atoms with Crippen molar-refractivity contribution in [1.82, 2.24) is 4.90 Å². The summed E-state index contributed by atoms with van der Waals surface area (Å²) in [5.74, 6) is 0.497. The summed E-state index contributed by atoms with van der Waals surface area (Å²) in [5, 5.41) is 0.512. The Bertz CT molecular complexity index is 496. The smallest absolute Gasteiger partial charge is 0.266 e. The molecule has 2 rings (SSSR count). The third-order valence-electron chi connectivity index (χ3n) is 3.27. The van der Waals surface area contributed by atoms with Crippen molar-refractivity contribution in [3.05, 3.63) is 28.8 Å². The monoisotopic (exact) mass is 297 g/mol. The van der Waals surface area contributed by atoms with Crippen molar-refractivity contribution < 1.29 is 14.3 Å². The molecule has 1 aromatic rings. The summed E-state index contributed by atoms with van der Waals surface area (Å²) in [7, 11) is 0. The van der Waals surface area contributed by atoms with Crippen molar-refractivity contribution in [2.24, 2.45) is 0 Å². The Hall–Kier alpha value is -1.26. The number of carbonyl (C=O) groups is 1. The van der Waals surface area contributed by atoms with Gasteiger partial charge in [-0.25, -0.2) is 0 Å². The van der Waals surface area contributed by atoms with Gasteiger partial charge in [0.25, 0.3) is 5.91 Å². The lowest BCUT2D eigenvalue weighted by Crippen LogP contribution is -2.52. The van der Waals surface area contributed by atoms with Gasteiger partial charge in [-0.1, -0.05) is 17.7 Å². The van der Waals surface area contributed by atoms with Crippen molar-refractivity contribution in [2.75, 3.05) is 26.3 Å². The summed E-state index contributed by atoms with van der Waals surface area (Å²) < 4.78 is 11.1. The number of nitrogens with zero attached hydrogens (tertiary/aromatic N) is 1. The first-order valence-electron chi connectivity index (χ1n) is 6.72. The molecule has 0 unspecified atom stereocenters. The molecule has 1 fully saturated rings. The maximum absolute atomic E-state index is 12.5. The van der Waals surface area contributed by atoms with Crippen LogP contribution < -0.4 is 4.74 Å². The van der Waals surface area contributed by atoms with Crippen LogP contribution in [-0.4, -0.2) is 42.7 Å². The Morgan fingerprint density at radius 3 is 2.65 bits per heavy atom. The molecule has 4 nitrogen and oxygen atoms in total. The SMILES string of the molecule is Cc1ccc(Cl)c(OC(C)(C)C(=O)N2CCOCC2)c1. The summed E-state index contributed by atoms with van der Waals surface area (Å²) in [6.07, 6.45) is 0. The van der Waals surface area contributed by atoms with Crippen LogP contribution >= 0.6 is 11.6 Å². The number of carbonyl (C=O) groups excluding carboxylic acids is 1. The van der Waals surface area contributed by atoms with E-state index in [0.717, 1.165) is 5.56 Å². The second kappa shape index (κ2) is 6.02. The topological polar surface area (TPSA) is 38.8 Å². The van der Waals surface area contributed by atoms with E-state index >= 15 is 0 Å². The molecule has 0 atom stereocenters. The summed E-state index contributed by atoms with van der Waals surface area (Å²) in [6, 6.07) is 5.53. The number of amides is 1. The highest BCUT2D eigenvalue weighted by atomic mass is 35.5. The first-order valence-corrected chi connectivity index (χ1v) is 7.10. The number of ether oxygens (including phenoxy) is 2. The number of benzene rings is 1. The number of rotatable bonds is 3. The Labute approximate surface area is 124 Å². The fourth-order valence-corrected chi connectivity index (χ4v) is 2.31. The Balaban J connectivity index is 2.13. The molecular formula is C15H20ClNO3. The van der Waals surface area contributed by atoms with Gasteiger partial charge in [0.15, 0.2) is 5.60 Å². The van der Waals surface area contributed by atoms with Gasteiger partial charge in [0.1, 0.15) is 5.75 Å². The third-order valence-corrected chi connectivity index (χ3v) is 3.58. The molecule has 1 heterocycles. The zero-order valence-corrected chi connectivity index (χ0v) is 12.9. The number of hydrogen-bond acceptors (Lipinski definition) is 3. The van der Waals surface area contributed by atoms with Crippen LogP contribution in [0.25, 0.3) is 0 Å². The number of hydrogen-bond donors (Lipinski definition) is 0. The summed E-state index contributed by atoms with van der Waals surface area (Å²) in [5.41, 5.74) is 0.0911. The van der Waals surface area contributed by atoms with E-state index in [1.54, 1.807) is 24.8 Å². The van der Waals surface area contributed by atoms with E-state index in [2.05, 4.69) is 0 Å². The fourth-order valence-electron chi connectivity index (χ4n) is 2.15. The molecule has 5 heteroatoms. The molecule has 1 aromatic carbocycles. The minimum Gasteiger partial charge on any atom is -0.476 e. The molecule has 1 saturated heterocycles. The molecular weight excluding hydrogens is 278 g/mol. The van der Waals surface area contributed by atoms with Crippen molar-refractivity contribution >= 4 is 17.5 Å². The van der Waals surface area contributed by atoms with E-state index in [0.29, 0.717) is 37.1 Å². The predicted molar refractivity (Wildman–Crippen MR) is 78.3 cm³/mol. The van der Waals surface area contributed by atoms with E-state index < -0.39 is 5.60 Å². The van der Waals surface area contributed by atoms with Gasteiger partial charge in [-0.2, -0.15) is 0 Å². The number of morpholine rings is 1. The van der Waals surface area contributed by atoms with Crippen LogP contribution in [0.5, 0.6) is 5.75 Å². The van der Waals surface area contributed by atoms with Gasteiger partial charge in [0.2, 0.25) is 0 Å².